The van der Waals surface area contributed by atoms with Crippen molar-refractivity contribution in [2.45, 2.75) is 38.8 Å². The van der Waals surface area contributed by atoms with Gasteiger partial charge in [-0.25, -0.2) is 0 Å². The first-order valence-electron chi connectivity index (χ1n) is 13.7. The van der Waals surface area contributed by atoms with Crippen LogP contribution in [0.2, 0.25) is 0 Å². The lowest BCUT2D eigenvalue weighted by Gasteiger charge is -2.56. The molecule has 3 saturated heterocycles. The third-order valence-corrected chi connectivity index (χ3v) is 9.45. The lowest BCUT2D eigenvalue weighted by molar-refractivity contribution is -0.126. The second kappa shape index (κ2) is 7.92. The van der Waals surface area contributed by atoms with Gasteiger partial charge in [-0.05, 0) is 73.3 Å². The molecule has 2 spiro atoms. The normalized spacial score (nSPS) is 22.0. The highest BCUT2D eigenvalue weighted by Crippen LogP contribution is 2.53. The van der Waals surface area contributed by atoms with E-state index in [1.807, 2.05) is 12.4 Å². The van der Waals surface area contributed by atoms with Gasteiger partial charge >= 0.3 is 0 Å². The first-order chi connectivity index (χ1) is 18.1. The Balaban J connectivity index is 1.01. The lowest BCUT2D eigenvalue weighted by atomic mass is 9.77. The number of anilines is 1. The number of hydrogen-bond acceptors (Lipinski definition) is 5. The van der Waals surface area contributed by atoms with Crippen LogP contribution in [0.15, 0.2) is 53.7 Å². The quantitative estimate of drug-likeness (QED) is 0.451. The van der Waals surface area contributed by atoms with Crippen molar-refractivity contribution < 1.29 is 4.74 Å². The summed E-state index contributed by atoms with van der Waals surface area (Å²) >= 11 is 0. The predicted molar refractivity (Wildman–Crippen MR) is 145 cm³/mol. The van der Waals surface area contributed by atoms with Crippen LogP contribution in [0.4, 0.5) is 5.69 Å². The lowest BCUT2D eigenvalue weighted by Crippen LogP contribution is -2.66. The number of nitrogens with one attached hydrogen (secondary N) is 1. The van der Waals surface area contributed by atoms with Crippen molar-refractivity contribution >= 4 is 27.4 Å². The molecule has 3 aliphatic heterocycles. The summed E-state index contributed by atoms with van der Waals surface area (Å²) in [6.07, 6.45) is 11.2. The van der Waals surface area contributed by atoms with E-state index in [2.05, 4.69) is 50.1 Å². The second-order valence-electron chi connectivity index (χ2n) is 12.2. The molecule has 1 aliphatic carbocycles. The minimum atomic E-state index is 0.0138. The Kier molecular flexibility index (Phi) is 4.68. The molecule has 6 heterocycles. The maximum atomic E-state index is 13.4. The number of pyridine rings is 2. The molecule has 1 N–H and O–H groups in total. The molecule has 4 fully saturated rings. The van der Waals surface area contributed by atoms with Crippen LogP contribution in [0, 0.1) is 10.8 Å². The number of likely N-dealkylation sites (tertiary alicyclic amines) is 1. The minimum absolute atomic E-state index is 0.0138. The van der Waals surface area contributed by atoms with Crippen molar-refractivity contribution in [1.29, 1.82) is 0 Å². The van der Waals surface area contributed by atoms with Crippen LogP contribution in [-0.4, -0.2) is 58.8 Å². The van der Waals surface area contributed by atoms with Crippen LogP contribution in [0.1, 0.15) is 36.9 Å². The largest absolute Gasteiger partial charge is 0.380 e. The molecule has 1 saturated carbocycles. The molecule has 1 aromatic carbocycles. The fourth-order valence-corrected chi connectivity index (χ4v) is 6.79. The maximum Gasteiger partial charge on any atom is 0.260 e. The summed E-state index contributed by atoms with van der Waals surface area (Å²) < 4.78 is 7.22. The van der Waals surface area contributed by atoms with Gasteiger partial charge in [0.1, 0.15) is 0 Å². The van der Waals surface area contributed by atoms with Gasteiger partial charge in [-0.1, -0.05) is 12.1 Å². The second-order valence-corrected chi connectivity index (χ2v) is 12.2. The van der Waals surface area contributed by atoms with E-state index >= 15 is 0 Å². The van der Waals surface area contributed by atoms with Gasteiger partial charge in [0.2, 0.25) is 0 Å². The molecule has 0 amide bonds. The Hall–Kier alpha value is -3.16. The monoisotopic (exact) mass is 495 g/mol. The maximum absolute atomic E-state index is 13.4. The van der Waals surface area contributed by atoms with Gasteiger partial charge in [-0.3, -0.25) is 14.7 Å². The summed E-state index contributed by atoms with van der Waals surface area (Å²) in [5.74, 6) is 0. The number of H-pyrrole nitrogens is 1. The number of nitrogens with zero attached hydrogens (tertiary/aromatic N) is 4. The van der Waals surface area contributed by atoms with Crippen molar-refractivity contribution in [3.8, 4) is 0 Å². The molecule has 0 atom stereocenters. The number of piperidine rings is 1. The summed E-state index contributed by atoms with van der Waals surface area (Å²) in [6.45, 7) is 7.62. The van der Waals surface area contributed by atoms with E-state index in [1.165, 1.54) is 49.9 Å². The Morgan fingerprint density at radius 1 is 0.919 bits per heavy atom. The predicted octanol–water partition coefficient (Wildman–Crippen LogP) is 4.14. The highest BCUT2D eigenvalue weighted by atomic mass is 16.5. The van der Waals surface area contributed by atoms with Crippen molar-refractivity contribution in [3.63, 3.8) is 0 Å². The molecule has 3 aromatic heterocycles. The van der Waals surface area contributed by atoms with Crippen molar-refractivity contribution in [2.24, 2.45) is 10.8 Å². The molecule has 4 aromatic rings. The Morgan fingerprint density at radius 2 is 1.76 bits per heavy atom. The molecule has 190 valence electrons. The number of aromatic amines is 1. The topological polar surface area (TPSA) is 66.4 Å². The fourth-order valence-electron chi connectivity index (χ4n) is 6.79. The fraction of sp³-hybridized carbons (Fsp3) is 0.467. The van der Waals surface area contributed by atoms with E-state index in [0.717, 1.165) is 55.0 Å². The zero-order chi connectivity index (χ0) is 24.6. The van der Waals surface area contributed by atoms with Gasteiger partial charge in [-0.15, -0.1) is 0 Å². The van der Waals surface area contributed by atoms with Crippen molar-refractivity contribution in [3.05, 3.63) is 70.5 Å². The number of hydrogen-bond donors (Lipinski definition) is 1. The Morgan fingerprint density at radius 3 is 2.51 bits per heavy atom. The van der Waals surface area contributed by atoms with E-state index in [1.54, 1.807) is 10.8 Å². The van der Waals surface area contributed by atoms with Gasteiger partial charge in [0.15, 0.2) is 0 Å². The Labute approximate surface area is 216 Å². The van der Waals surface area contributed by atoms with Crippen LogP contribution in [-0.2, 0) is 17.8 Å². The summed E-state index contributed by atoms with van der Waals surface area (Å²) in [7, 11) is 0. The van der Waals surface area contributed by atoms with E-state index in [4.69, 9.17) is 4.74 Å². The average molecular weight is 496 g/mol. The third kappa shape index (κ3) is 3.70. The first kappa shape index (κ1) is 21.9. The molecule has 8 rings (SSSR count). The molecule has 0 unspecified atom stereocenters. The molecule has 7 nitrogen and oxygen atoms in total. The highest BCUT2D eigenvalue weighted by molar-refractivity contribution is 5.93. The third-order valence-electron chi connectivity index (χ3n) is 9.45. The number of benzene rings is 1. The van der Waals surface area contributed by atoms with Crippen LogP contribution in [0.5, 0.6) is 0 Å². The molecule has 7 heteroatoms. The van der Waals surface area contributed by atoms with E-state index in [-0.39, 0.29) is 5.56 Å². The van der Waals surface area contributed by atoms with E-state index in [9.17, 15) is 4.79 Å². The number of rotatable bonds is 5. The van der Waals surface area contributed by atoms with E-state index < -0.39 is 0 Å². The molecule has 0 bridgehead atoms. The summed E-state index contributed by atoms with van der Waals surface area (Å²) in [5.41, 5.74) is 5.65. The van der Waals surface area contributed by atoms with Crippen LogP contribution >= 0.6 is 0 Å². The van der Waals surface area contributed by atoms with Crippen molar-refractivity contribution in [1.82, 2.24) is 19.4 Å². The number of fused-ring (bicyclic) bond motifs is 2. The first-order valence-corrected chi connectivity index (χ1v) is 13.7. The summed E-state index contributed by atoms with van der Waals surface area (Å²) in [4.78, 5) is 26.4. The SMILES string of the molecule is O=c1c2cncc(N3CC4(COC4)C3)c2ccn1Cc1ccc2cc(CN3CCC4(CC3)CC4)[nH]c2c1. The van der Waals surface area contributed by atoms with Gasteiger partial charge < -0.3 is 19.2 Å². The summed E-state index contributed by atoms with van der Waals surface area (Å²) in [6, 6.07) is 10.9. The van der Waals surface area contributed by atoms with Gasteiger partial charge in [0.25, 0.3) is 5.56 Å². The zero-order valence-corrected chi connectivity index (χ0v) is 21.2. The van der Waals surface area contributed by atoms with Gasteiger partial charge in [-0.2, -0.15) is 0 Å². The zero-order valence-electron chi connectivity index (χ0n) is 21.2. The van der Waals surface area contributed by atoms with Gasteiger partial charge in [0.05, 0.1) is 42.4 Å². The van der Waals surface area contributed by atoms with Crippen molar-refractivity contribution in [2.75, 3.05) is 44.3 Å². The average Bonchev–Trinajstić information content (AvgIpc) is 3.49. The van der Waals surface area contributed by atoms with Crippen LogP contribution in [0.3, 0.4) is 0 Å². The summed E-state index contributed by atoms with van der Waals surface area (Å²) in [5, 5.41) is 2.91. The van der Waals surface area contributed by atoms with Crippen LogP contribution < -0.4 is 10.5 Å². The number of aromatic nitrogens is 3. The standard InChI is InChI=1S/C30H33N5O2/c36-28-25-13-31-14-27(35-17-30(18-35)19-37-20-30)24(25)3-8-34(28)15-21-1-2-22-12-23(32-26(22)11-21)16-33-9-6-29(4-5-29)7-10-33/h1-3,8,11-14,32H,4-7,9-10,15-20H2. The van der Waals surface area contributed by atoms with Gasteiger partial charge in [0, 0.05) is 48.6 Å². The highest BCUT2D eigenvalue weighted by Gasteiger charge is 2.49. The smallest absolute Gasteiger partial charge is 0.260 e. The molecular weight excluding hydrogens is 462 g/mol. The number of ether oxygens (including phenoxy) is 1. The molecular formula is C30H33N5O2. The van der Waals surface area contributed by atoms with Crippen LogP contribution in [0.25, 0.3) is 21.7 Å². The molecule has 0 radical (unpaired) electrons. The van der Waals surface area contributed by atoms with E-state index in [0.29, 0.717) is 22.8 Å². The minimum Gasteiger partial charge on any atom is -0.380 e. The Bertz CT molecular complexity index is 1560. The molecule has 37 heavy (non-hydrogen) atoms. The molecule has 4 aliphatic rings.